The average molecular weight is 622 g/mol. The number of nitrogens with one attached hydrogen (secondary N) is 1. The fourth-order valence-corrected chi connectivity index (χ4v) is 5.89. The Morgan fingerprint density at radius 3 is 2.71 bits per heavy atom. The summed E-state index contributed by atoms with van der Waals surface area (Å²) in [6.45, 7) is -0.267. The molecule has 1 unspecified atom stereocenters. The van der Waals surface area contributed by atoms with Gasteiger partial charge in [0.1, 0.15) is 41.6 Å². The quantitative estimate of drug-likeness (QED) is 0.314. The Morgan fingerprint density at radius 2 is 1.98 bits per heavy atom. The summed E-state index contributed by atoms with van der Waals surface area (Å²) in [5.74, 6) is -3.37. The molecule has 2 aliphatic heterocycles. The zero-order valence-electron chi connectivity index (χ0n) is 21.7. The number of hydrogen-bond donors (Lipinski definition) is 2. The number of aliphatic hydroxyl groups excluding tert-OH is 1. The number of nitrogens with zero attached hydrogens (tertiary/aromatic N) is 4. The average Bonchev–Trinajstić information content (AvgIpc) is 3.64. The summed E-state index contributed by atoms with van der Waals surface area (Å²) in [5, 5.41) is 9.93. The van der Waals surface area contributed by atoms with Gasteiger partial charge in [0.15, 0.2) is 11.8 Å². The van der Waals surface area contributed by atoms with Crippen molar-refractivity contribution in [1.82, 2.24) is 19.9 Å². The van der Waals surface area contributed by atoms with Gasteiger partial charge in [0.2, 0.25) is 5.88 Å². The first kappa shape index (κ1) is 28.4. The molecule has 2 fully saturated rings. The van der Waals surface area contributed by atoms with Gasteiger partial charge in [0.05, 0.1) is 38.9 Å². The third-order valence-corrected chi connectivity index (χ3v) is 8.59. The molecule has 2 N–H and O–H groups in total. The van der Waals surface area contributed by atoms with Crippen molar-refractivity contribution in [3.63, 3.8) is 0 Å². The third-order valence-electron chi connectivity index (χ3n) is 6.69. The van der Waals surface area contributed by atoms with E-state index in [0.717, 1.165) is 12.1 Å². The molecule has 0 bridgehead atoms. The monoisotopic (exact) mass is 621 g/mol. The van der Waals surface area contributed by atoms with E-state index in [9.17, 15) is 22.9 Å². The van der Waals surface area contributed by atoms with E-state index in [1.54, 1.807) is 0 Å². The smallest absolute Gasteiger partial charge is 0.296 e. The summed E-state index contributed by atoms with van der Waals surface area (Å²) in [4.78, 5) is 28.0. The summed E-state index contributed by atoms with van der Waals surface area (Å²) in [6, 6.07) is 6.15. The highest BCUT2D eigenvalue weighted by molar-refractivity contribution is 7.93. The van der Waals surface area contributed by atoms with Crippen molar-refractivity contribution in [3.8, 4) is 11.9 Å². The molecular formula is C26H22ClF2N5O7S. The number of fused-ring (bicyclic) bond motifs is 2. The predicted molar refractivity (Wildman–Crippen MR) is 143 cm³/mol. The van der Waals surface area contributed by atoms with Crippen LogP contribution in [0.15, 0.2) is 52.0 Å². The molecule has 5 heterocycles. The molecule has 1 amide bonds. The lowest BCUT2D eigenvalue weighted by Gasteiger charge is -2.15. The molecule has 4 aromatic rings. The van der Waals surface area contributed by atoms with E-state index < -0.39 is 69.4 Å². The molecule has 6 rings (SSSR count). The van der Waals surface area contributed by atoms with Crippen LogP contribution in [0.25, 0.3) is 11.2 Å². The fraction of sp³-hybridized carbons (Fsp3) is 0.308. The van der Waals surface area contributed by atoms with Crippen LogP contribution in [0.2, 0.25) is 5.02 Å². The van der Waals surface area contributed by atoms with Crippen LogP contribution in [-0.2, 0) is 25.8 Å². The summed E-state index contributed by atoms with van der Waals surface area (Å²) < 4.78 is 68.7. The number of halogens is 3. The largest absolute Gasteiger partial charge is 0.471 e. The zero-order chi connectivity index (χ0) is 29.6. The maximum atomic E-state index is 14.9. The van der Waals surface area contributed by atoms with Crippen molar-refractivity contribution >= 4 is 38.4 Å². The lowest BCUT2D eigenvalue weighted by Crippen LogP contribution is -2.34. The number of aromatic amines is 1. The van der Waals surface area contributed by atoms with Gasteiger partial charge in [-0.3, -0.25) is 9.78 Å². The Morgan fingerprint density at radius 1 is 1.21 bits per heavy atom. The van der Waals surface area contributed by atoms with Crippen LogP contribution in [0, 0.1) is 11.6 Å². The summed E-state index contributed by atoms with van der Waals surface area (Å²) in [6.07, 6.45) is 1.83. The number of rotatable bonds is 7. The highest BCUT2D eigenvalue weighted by Crippen LogP contribution is 2.32. The highest BCUT2D eigenvalue weighted by atomic mass is 35.5. The van der Waals surface area contributed by atoms with Crippen molar-refractivity contribution in [2.75, 3.05) is 19.5 Å². The first-order valence-corrected chi connectivity index (χ1v) is 14.8. The van der Waals surface area contributed by atoms with Gasteiger partial charge in [-0.2, -0.15) is 14.3 Å². The van der Waals surface area contributed by atoms with Crippen LogP contribution in [0.4, 0.5) is 8.78 Å². The predicted octanol–water partition coefficient (Wildman–Crippen LogP) is 3.07. The molecular weight excluding hydrogens is 600 g/mol. The van der Waals surface area contributed by atoms with E-state index in [4.69, 9.17) is 30.5 Å². The number of hydrogen-bond acceptors (Lipinski definition) is 10. The van der Waals surface area contributed by atoms with Crippen LogP contribution < -0.4 is 9.47 Å². The number of H-pyrrole nitrogens is 1. The molecule has 2 aliphatic rings. The van der Waals surface area contributed by atoms with E-state index in [2.05, 4.69) is 24.3 Å². The molecule has 2 saturated heterocycles. The highest BCUT2D eigenvalue weighted by Gasteiger charge is 2.48. The molecule has 12 nitrogen and oxygen atoms in total. The standard InChI is InChI=1S/C26H22ClF2N5O7S/c1-42(37,13-3-2-4-30-8-13)34-24(36)12-5-16(28)14(17(29)6-12)9-40-25-15(27)7-18-23(32-25)33-26(31-18)41-20-11-39-21-19(35)10-38-22(20)21/h2-8,19-22,35H,9-11H2,1H3,(H,31,32,33)/t19-,20-,21-,22-,42?/m1/s1. The van der Waals surface area contributed by atoms with Gasteiger partial charge >= 0.3 is 0 Å². The lowest BCUT2D eigenvalue weighted by atomic mass is 10.1. The van der Waals surface area contributed by atoms with Crippen molar-refractivity contribution in [2.24, 2.45) is 4.36 Å². The van der Waals surface area contributed by atoms with Gasteiger partial charge in [0, 0.05) is 24.2 Å². The van der Waals surface area contributed by atoms with Crippen LogP contribution in [0.3, 0.4) is 0 Å². The molecule has 16 heteroatoms. The number of imidazole rings is 1. The van der Waals surface area contributed by atoms with Gasteiger partial charge in [0.25, 0.3) is 11.9 Å². The van der Waals surface area contributed by atoms with E-state index in [0.29, 0.717) is 5.52 Å². The summed E-state index contributed by atoms with van der Waals surface area (Å²) in [5.41, 5.74) is -0.347. The summed E-state index contributed by atoms with van der Waals surface area (Å²) in [7, 11) is -3.19. The Kier molecular flexibility index (Phi) is 7.53. The van der Waals surface area contributed by atoms with Crippen LogP contribution in [0.1, 0.15) is 15.9 Å². The molecule has 220 valence electrons. The van der Waals surface area contributed by atoms with Gasteiger partial charge < -0.3 is 29.0 Å². The molecule has 0 saturated carbocycles. The lowest BCUT2D eigenvalue weighted by molar-refractivity contribution is 0.00706. The van der Waals surface area contributed by atoms with E-state index in [1.807, 2.05) is 0 Å². The Balaban J connectivity index is 1.16. The molecule has 1 aromatic carbocycles. The SMILES string of the molecule is CS(=O)(=NC(=O)c1cc(F)c(COc2nc3nc(O[C@@H]4CO[C@H]5[C@@H]4OC[C@H]5O)[nH]c3cc2Cl)c(F)c1)c1cccnc1. The zero-order valence-corrected chi connectivity index (χ0v) is 23.3. The van der Waals surface area contributed by atoms with Gasteiger partial charge in [-0.1, -0.05) is 11.6 Å². The number of carbonyl (C=O) groups is 1. The van der Waals surface area contributed by atoms with Crippen molar-refractivity contribution in [3.05, 3.63) is 70.5 Å². The number of aromatic nitrogens is 4. The molecule has 42 heavy (non-hydrogen) atoms. The molecule has 3 aromatic heterocycles. The molecule has 0 spiro atoms. The van der Waals surface area contributed by atoms with Crippen LogP contribution in [-0.4, -0.2) is 79.0 Å². The first-order valence-electron chi connectivity index (χ1n) is 12.5. The maximum Gasteiger partial charge on any atom is 0.296 e. The third kappa shape index (κ3) is 5.53. The second kappa shape index (κ2) is 11.1. The summed E-state index contributed by atoms with van der Waals surface area (Å²) >= 11 is 6.28. The second-order valence-corrected chi connectivity index (χ2v) is 12.3. The number of carbonyl (C=O) groups excluding carboxylic acids is 1. The van der Waals surface area contributed by atoms with E-state index >= 15 is 0 Å². The topological polar surface area (TPSA) is 158 Å². The number of pyridine rings is 2. The minimum Gasteiger partial charge on any atom is -0.471 e. The Bertz CT molecular complexity index is 1780. The van der Waals surface area contributed by atoms with Crippen molar-refractivity contribution < 1.29 is 41.8 Å². The van der Waals surface area contributed by atoms with Crippen LogP contribution >= 0.6 is 11.6 Å². The minimum absolute atomic E-state index is 0.0312. The molecule has 0 radical (unpaired) electrons. The molecule has 0 aliphatic carbocycles. The first-order chi connectivity index (χ1) is 20.1. The second-order valence-electron chi connectivity index (χ2n) is 9.60. The van der Waals surface area contributed by atoms with Crippen molar-refractivity contribution in [1.29, 1.82) is 0 Å². The number of ether oxygens (including phenoxy) is 4. The Hall–Kier alpha value is -3.76. The number of aliphatic hydroxyl groups is 1. The fourth-order valence-electron chi connectivity index (χ4n) is 4.56. The Labute approximate surface area is 242 Å². The normalized spacial score (nSPS) is 23.0. The number of amides is 1. The molecule has 5 atom stereocenters. The van der Waals surface area contributed by atoms with Gasteiger partial charge in [-0.25, -0.2) is 13.0 Å². The minimum atomic E-state index is -3.19. The maximum absolute atomic E-state index is 14.9. The van der Waals surface area contributed by atoms with E-state index in [-0.39, 0.29) is 40.7 Å². The van der Waals surface area contributed by atoms with Gasteiger partial charge in [-0.15, -0.1) is 0 Å². The van der Waals surface area contributed by atoms with Crippen LogP contribution in [0.5, 0.6) is 11.9 Å². The number of benzene rings is 1. The van der Waals surface area contributed by atoms with E-state index in [1.165, 1.54) is 36.8 Å². The van der Waals surface area contributed by atoms with Crippen molar-refractivity contribution in [2.45, 2.75) is 35.9 Å². The van der Waals surface area contributed by atoms with Gasteiger partial charge in [-0.05, 0) is 30.3 Å².